The second kappa shape index (κ2) is 12.3. The molecule has 3 aromatic rings. The van der Waals surface area contributed by atoms with Crippen LogP contribution in [0, 0.1) is 0 Å². The maximum atomic E-state index is 12.9. The third-order valence-corrected chi connectivity index (χ3v) is 6.77. The van der Waals surface area contributed by atoms with Crippen LogP contribution >= 0.6 is 11.8 Å². The first-order chi connectivity index (χ1) is 16.4. The summed E-state index contributed by atoms with van der Waals surface area (Å²) in [6.45, 7) is 0. The molecule has 0 fully saturated rings. The minimum atomic E-state index is -3.70. The SMILES string of the molecule is CSCC[C@H](C=O)NNC(=O)c1ccc(NS(=O)(=O)Cc2cccnc2)cc1-c1ccccc1. The first kappa shape index (κ1) is 25.4. The number of anilines is 1. The fraction of sp³-hybridized carbons (Fsp3) is 0.208. The van der Waals surface area contributed by atoms with Crippen molar-refractivity contribution in [2.24, 2.45) is 0 Å². The van der Waals surface area contributed by atoms with E-state index in [1.165, 1.54) is 12.3 Å². The molecule has 1 amide bonds. The first-order valence-electron chi connectivity index (χ1n) is 10.5. The van der Waals surface area contributed by atoms with E-state index in [0.717, 1.165) is 17.6 Å². The van der Waals surface area contributed by atoms with E-state index < -0.39 is 22.0 Å². The van der Waals surface area contributed by atoms with Crippen molar-refractivity contribution in [3.05, 3.63) is 84.2 Å². The molecule has 1 heterocycles. The number of hydrogen-bond acceptors (Lipinski definition) is 7. The van der Waals surface area contributed by atoms with Crippen LogP contribution in [-0.2, 0) is 20.6 Å². The Labute approximate surface area is 203 Å². The number of sulfonamides is 1. The largest absolute Gasteiger partial charge is 0.302 e. The van der Waals surface area contributed by atoms with E-state index in [1.54, 1.807) is 42.2 Å². The Kier molecular flexibility index (Phi) is 9.20. The van der Waals surface area contributed by atoms with E-state index in [1.807, 2.05) is 36.6 Å². The van der Waals surface area contributed by atoms with Crippen LogP contribution < -0.4 is 15.6 Å². The van der Waals surface area contributed by atoms with Crippen molar-refractivity contribution in [2.45, 2.75) is 18.2 Å². The molecule has 0 aliphatic carbocycles. The standard InChI is InChI=1S/C24H26N4O4S2/c1-33-13-11-21(16-29)26-27-24(30)22-10-9-20(14-23(22)19-7-3-2-4-8-19)28-34(31,32)17-18-6-5-12-25-15-18/h2-10,12,14-16,21,26,28H,11,13,17H2,1H3,(H,27,30)/t21-/m1/s1. The molecule has 2 aromatic carbocycles. The minimum Gasteiger partial charge on any atom is -0.302 e. The zero-order chi connectivity index (χ0) is 24.4. The van der Waals surface area contributed by atoms with Gasteiger partial charge in [0.25, 0.3) is 5.91 Å². The van der Waals surface area contributed by atoms with E-state index in [4.69, 9.17) is 0 Å². The van der Waals surface area contributed by atoms with Crippen molar-refractivity contribution < 1.29 is 18.0 Å². The van der Waals surface area contributed by atoms with Gasteiger partial charge in [-0.15, -0.1) is 0 Å². The molecule has 0 saturated carbocycles. The van der Waals surface area contributed by atoms with Crippen LogP contribution in [0.1, 0.15) is 22.3 Å². The number of rotatable bonds is 12. The number of aldehydes is 1. The van der Waals surface area contributed by atoms with Gasteiger partial charge < -0.3 is 4.79 Å². The Morgan fingerprint density at radius 3 is 2.59 bits per heavy atom. The molecule has 178 valence electrons. The third-order valence-electron chi connectivity index (χ3n) is 4.87. The maximum absolute atomic E-state index is 12.9. The molecule has 3 N–H and O–H groups in total. The summed E-state index contributed by atoms with van der Waals surface area (Å²) in [4.78, 5) is 28.1. The van der Waals surface area contributed by atoms with E-state index in [9.17, 15) is 18.0 Å². The lowest BCUT2D eigenvalue weighted by atomic mass is 9.98. The van der Waals surface area contributed by atoms with Gasteiger partial charge in [-0.2, -0.15) is 11.8 Å². The van der Waals surface area contributed by atoms with Gasteiger partial charge in [0, 0.05) is 23.6 Å². The number of nitrogens with one attached hydrogen (secondary N) is 3. The topological polar surface area (TPSA) is 117 Å². The molecule has 10 heteroatoms. The van der Waals surface area contributed by atoms with Gasteiger partial charge in [0.2, 0.25) is 10.0 Å². The van der Waals surface area contributed by atoms with Crippen LogP contribution in [-0.4, -0.2) is 43.6 Å². The number of thioether (sulfide) groups is 1. The van der Waals surface area contributed by atoms with Crippen LogP contribution in [0.2, 0.25) is 0 Å². The summed E-state index contributed by atoms with van der Waals surface area (Å²) in [6, 6.07) is 16.8. The highest BCUT2D eigenvalue weighted by Crippen LogP contribution is 2.28. The second-order valence-electron chi connectivity index (χ2n) is 7.47. The van der Waals surface area contributed by atoms with Crippen LogP contribution in [0.3, 0.4) is 0 Å². The molecule has 0 saturated heterocycles. The highest BCUT2D eigenvalue weighted by Gasteiger charge is 2.18. The molecule has 0 bridgehead atoms. The van der Waals surface area contributed by atoms with Crippen LogP contribution in [0.15, 0.2) is 73.1 Å². The molecule has 34 heavy (non-hydrogen) atoms. The van der Waals surface area contributed by atoms with E-state index >= 15 is 0 Å². The number of carbonyl (C=O) groups is 2. The fourth-order valence-electron chi connectivity index (χ4n) is 3.23. The second-order valence-corrected chi connectivity index (χ2v) is 10.2. The van der Waals surface area contributed by atoms with Gasteiger partial charge in [0.15, 0.2) is 0 Å². The number of nitrogens with zero attached hydrogens (tertiary/aromatic N) is 1. The quantitative estimate of drug-likeness (QED) is 0.259. The molecule has 0 aliphatic heterocycles. The summed E-state index contributed by atoms with van der Waals surface area (Å²) in [7, 11) is -3.70. The zero-order valence-electron chi connectivity index (χ0n) is 18.6. The average molecular weight is 499 g/mol. The van der Waals surface area contributed by atoms with Crippen molar-refractivity contribution in [2.75, 3.05) is 16.7 Å². The van der Waals surface area contributed by atoms with Crippen LogP contribution in [0.4, 0.5) is 5.69 Å². The summed E-state index contributed by atoms with van der Waals surface area (Å²) >= 11 is 1.61. The van der Waals surface area contributed by atoms with Crippen LogP contribution in [0.25, 0.3) is 11.1 Å². The Morgan fingerprint density at radius 2 is 1.91 bits per heavy atom. The number of hydrazine groups is 1. The van der Waals surface area contributed by atoms with Gasteiger partial charge in [-0.3, -0.25) is 19.9 Å². The lowest BCUT2D eigenvalue weighted by molar-refractivity contribution is -0.109. The summed E-state index contributed by atoms with van der Waals surface area (Å²) in [5, 5.41) is 0. The van der Waals surface area contributed by atoms with E-state index in [0.29, 0.717) is 28.8 Å². The predicted molar refractivity (Wildman–Crippen MR) is 136 cm³/mol. The lowest BCUT2D eigenvalue weighted by Crippen LogP contribution is -2.45. The van der Waals surface area contributed by atoms with Gasteiger partial charge >= 0.3 is 0 Å². The fourth-order valence-corrected chi connectivity index (χ4v) is 4.88. The van der Waals surface area contributed by atoms with Gasteiger partial charge in [0.1, 0.15) is 6.29 Å². The van der Waals surface area contributed by atoms with Crippen molar-refractivity contribution in [3.63, 3.8) is 0 Å². The Balaban J connectivity index is 1.83. The minimum absolute atomic E-state index is 0.225. The number of amides is 1. The van der Waals surface area contributed by atoms with Crippen LogP contribution in [0.5, 0.6) is 0 Å². The normalized spacial score (nSPS) is 12.0. The van der Waals surface area contributed by atoms with Gasteiger partial charge in [0.05, 0.1) is 11.8 Å². The van der Waals surface area contributed by atoms with Crippen molar-refractivity contribution in [3.8, 4) is 11.1 Å². The highest BCUT2D eigenvalue weighted by molar-refractivity contribution is 7.98. The predicted octanol–water partition coefficient (Wildman–Crippen LogP) is 3.25. The number of carbonyl (C=O) groups excluding carboxylic acids is 2. The number of benzene rings is 2. The van der Waals surface area contributed by atoms with Crippen molar-refractivity contribution in [1.29, 1.82) is 0 Å². The molecule has 0 unspecified atom stereocenters. The lowest BCUT2D eigenvalue weighted by Gasteiger charge is -2.16. The molecule has 8 nitrogen and oxygen atoms in total. The molecular formula is C24H26N4O4S2. The summed E-state index contributed by atoms with van der Waals surface area (Å²) < 4.78 is 27.9. The number of aromatic nitrogens is 1. The number of hydrogen-bond donors (Lipinski definition) is 3. The van der Waals surface area contributed by atoms with Gasteiger partial charge in [-0.25, -0.2) is 13.8 Å². The molecule has 1 atom stereocenters. The van der Waals surface area contributed by atoms with E-state index in [2.05, 4.69) is 20.6 Å². The van der Waals surface area contributed by atoms with E-state index in [-0.39, 0.29) is 5.75 Å². The molecule has 0 spiro atoms. The monoisotopic (exact) mass is 498 g/mol. The summed E-state index contributed by atoms with van der Waals surface area (Å²) in [6.07, 6.45) is 6.36. The smallest absolute Gasteiger partial charge is 0.266 e. The molecular weight excluding hydrogens is 472 g/mol. The Morgan fingerprint density at radius 1 is 1.12 bits per heavy atom. The van der Waals surface area contributed by atoms with Crippen molar-refractivity contribution >= 4 is 39.7 Å². The Hall–Kier alpha value is -3.21. The summed E-state index contributed by atoms with van der Waals surface area (Å²) in [5.74, 6) is 0.117. The average Bonchev–Trinajstić information content (AvgIpc) is 2.84. The Bertz CT molecular complexity index is 1210. The molecule has 0 radical (unpaired) electrons. The number of pyridine rings is 1. The van der Waals surface area contributed by atoms with Crippen molar-refractivity contribution in [1.82, 2.24) is 15.8 Å². The maximum Gasteiger partial charge on any atom is 0.266 e. The summed E-state index contributed by atoms with van der Waals surface area (Å²) in [5.41, 5.74) is 7.88. The third kappa shape index (κ3) is 7.41. The molecule has 3 rings (SSSR count). The highest BCUT2D eigenvalue weighted by atomic mass is 32.2. The first-order valence-corrected chi connectivity index (χ1v) is 13.6. The van der Waals surface area contributed by atoms with Gasteiger partial charge in [-0.05, 0) is 59.4 Å². The van der Waals surface area contributed by atoms with Gasteiger partial charge in [-0.1, -0.05) is 36.4 Å². The molecule has 0 aliphatic rings. The zero-order valence-corrected chi connectivity index (χ0v) is 20.2. The molecule has 1 aromatic heterocycles.